The summed E-state index contributed by atoms with van der Waals surface area (Å²) in [6, 6.07) is 0.583. The second-order valence-electron chi connectivity index (χ2n) is 5.25. The number of thioether (sulfide) groups is 2. The molecule has 2 unspecified atom stereocenters. The Bertz CT molecular complexity index is 437. The van der Waals surface area contributed by atoms with Gasteiger partial charge in [-0.15, -0.1) is 0 Å². The molecule has 0 aliphatic heterocycles. The molecule has 1 aliphatic carbocycles. The van der Waals surface area contributed by atoms with Gasteiger partial charge in [0, 0.05) is 17.3 Å². The van der Waals surface area contributed by atoms with E-state index in [1.165, 1.54) is 30.6 Å². The van der Waals surface area contributed by atoms with E-state index in [1.54, 1.807) is 11.8 Å². The van der Waals surface area contributed by atoms with Gasteiger partial charge in [-0.05, 0) is 57.3 Å². The Hall–Kier alpha value is -0.420. The SMILES string of the molecule is CSCC1CCC(Nc2nc(SC)nc(C)c2C)C1. The lowest BCUT2D eigenvalue weighted by Gasteiger charge is -2.17. The first kappa shape index (κ1) is 15.0. The summed E-state index contributed by atoms with van der Waals surface area (Å²) in [6.45, 7) is 4.17. The fourth-order valence-electron chi connectivity index (χ4n) is 2.62. The van der Waals surface area contributed by atoms with Crippen LogP contribution in [0.25, 0.3) is 0 Å². The molecule has 106 valence electrons. The Kier molecular flexibility index (Phi) is 5.39. The highest BCUT2D eigenvalue weighted by molar-refractivity contribution is 7.98. The third kappa shape index (κ3) is 3.78. The molecule has 19 heavy (non-hydrogen) atoms. The summed E-state index contributed by atoms with van der Waals surface area (Å²) in [5.74, 6) is 3.19. The lowest BCUT2D eigenvalue weighted by molar-refractivity contribution is 0.612. The van der Waals surface area contributed by atoms with Crippen molar-refractivity contribution in [3.8, 4) is 0 Å². The van der Waals surface area contributed by atoms with Crippen LogP contribution >= 0.6 is 23.5 Å². The minimum Gasteiger partial charge on any atom is -0.367 e. The van der Waals surface area contributed by atoms with E-state index in [9.17, 15) is 0 Å². The Morgan fingerprint density at radius 2 is 2.00 bits per heavy atom. The van der Waals surface area contributed by atoms with Crippen LogP contribution in [0, 0.1) is 19.8 Å². The van der Waals surface area contributed by atoms with Crippen LogP contribution in [-0.4, -0.2) is 34.3 Å². The number of rotatable bonds is 5. The topological polar surface area (TPSA) is 37.8 Å². The van der Waals surface area contributed by atoms with Crippen LogP contribution in [0.4, 0.5) is 5.82 Å². The fourth-order valence-corrected chi connectivity index (χ4v) is 3.81. The number of anilines is 1. The first-order valence-corrected chi connectivity index (χ1v) is 9.40. The minimum atomic E-state index is 0.583. The van der Waals surface area contributed by atoms with Crippen molar-refractivity contribution in [1.82, 2.24) is 9.97 Å². The number of hydrogen-bond acceptors (Lipinski definition) is 5. The Morgan fingerprint density at radius 3 is 2.68 bits per heavy atom. The number of aryl methyl sites for hydroxylation is 1. The van der Waals surface area contributed by atoms with Crippen molar-refractivity contribution in [1.29, 1.82) is 0 Å². The first-order valence-electron chi connectivity index (χ1n) is 6.78. The van der Waals surface area contributed by atoms with Crippen LogP contribution in [-0.2, 0) is 0 Å². The average Bonchev–Trinajstić information content (AvgIpc) is 2.82. The van der Waals surface area contributed by atoms with Crippen LogP contribution < -0.4 is 5.32 Å². The summed E-state index contributed by atoms with van der Waals surface area (Å²) < 4.78 is 0. The van der Waals surface area contributed by atoms with Gasteiger partial charge in [0.25, 0.3) is 0 Å². The molecule has 2 atom stereocenters. The average molecular weight is 297 g/mol. The molecule has 3 nitrogen and oxygen atoms in total. The van der Waals surface area contributed by atoms with Crippen molar-refractivity contribution < 1.29 is 0 Å². The van der Waals surface area contributed by atoms with E-state index in [1.807, 2.05) is 18.0 Å². The van der Waals surface area contributed by atoms with Crippen LogP contribution in [0.5, 0.6) is 0 Å². The number of nitrogens with zero attached hydrogens (tertiary/aromatic N) is 2. The molecule has 0 aromatic carbocycles. The quantitative estimate of drug-likeness (QED) is 0.661. The summed E-state index contributed by atoms with van der Waals surface area (Å²) >= 11 is 3.57. The summed E-state index contributed by atoms with van der Waals surface area (Å²) in [6.07, 6.45) is 8.11. The molecular formula is C14H23N3S2. The van der Waals surface area contributed by atoms with Gasteiger partial charge in [-0.3, -0.25) is 0 Å². The molecule has 1 heterocycles. The maximum atomic E-state index is 4.62. The number of nitrogens with one attached hydrogen (secondary N) is 1. The van der Waals surface area contributed by atoms with E-state index in [4.69, 9.17) is 0 Å². The van der Waals surface area contributed by atoms with Gasteiger partial charge in [0.15, 0.2) is 5.16 Å². The fraction of sp³-hybridized carbons (Fsp3) is 0.714. The maximum absolute atomic E-state index is 4.62. The summed E-state index contributed by atoms with van der Waals surface area (Å²) in [4.78, 5) is 9.10. The second-order valence-corrected chi connectivity index (χ2v) is 6.93. The van der Waals surface area contributed by atoms with Crippen LogP contribution in [0.3, 0.4) is 0 Å². The molecule has 1 saturated carbocycles. The van der Waals surface area contributed by atoms with E-state index in [0.29, 0.717) is 6.04 Å². The first-order chi connectivity index (χ1) is 9.13. The van der Waals surface area contributed by atoms with E-state index < -0.39 is 0 Å². The minimum absolute atomic E-state index is 0.583. The van der Waals surface area contributed by atoms with Crippen molar-refractivity contribution in [3.63, 3.8) is 0 Å². The third-order valence-electron chi connectivity index (χ3n) is 3.84. The van der Waals surface area contributed by atoms with Gasteiger partial charge in [0.05, 0.1) is 0 Å². The van der Waals surface area contributed by atoms with E-state index in [2.05, 4.69) is 35.4 Å². The Balaban J connectivity index is 2.05. The normalized spacial score (nSPS) is 22.7. The maximum Gasteiger partial charge on any atom is 0.189 e. The third-order valence-corrected chi connectivity index (χ3v) is 5.19. The monoisotopic (exact) mass is 297 g/mol. The van der Waals surface area contributed by atoms with Crippen molar-refractivity contribution in [2.45, 2.75) is 44.3 Å². The lowest BCUT2D eigenvalue weighted by Crippen LogP contribution is -2.18. The number of aromatic nitrogens is 2. The smallest absolute Gasteiger partial charge is 0.189 e. The van der Waals surface area contributed by atoms with E-state index in [0.717, 1.165) is 22.6 Å². The molecule has 0 spiro atoms. The van der Waals surface area contributed by atoms with Crippen LogP contribution in [0.15, 0.2) is 5.16 Å². The molecule has 1 aliphatic rings. The van der Waals surface area contributed by atoms with Gasteiger partial charge >= 0.3 is 0 Å². The highest BCUT2D eigenvalue weighted by Gasteiger charge is 2.25. The summed E-state index contributed by atoms with van der Waals surface area (Å²) in [5.41, 5.74) is 2.27. The zero-order valence-corrected chi connectivity index (χ0v) is 13.8. The van der Waals surface area contributed by atoms with E-state index in [-0.39, 0.29) is 0 Å². The molecular weight excluding hydrogens is 274 g/mol. The van der Waals surface area contributed by atoms with Crippen LogP contribution in [0.2, 0.25) is 0 Å². The predicted molar refractivity (Wildman–Crippen MR) is 86.4 cm³/mol. The molecule has 1 N–H and O–H groups in total. The van der Waals surface area contributed by atoms with Crippen molar-refractivity contribution in [3.05, 3.63) is 11.3 Å². The lowest BCUT2D eigenvalue weighted by atomic mass is 10.1. The van der Waals surface area contributed by atoms with Crippen molar-refractivity contribution in [2.24, 2.45) is 5.92 Å². The standard InChI is InChI=1S/C14H23N3S2/c1-9-10(2)15-14(19-4)17-13(9)16-12-6-5-11(7-12)8-18-3/h11-12H,5-8H2,1-4H3,(H,15,16,17). The zero-order chi connectivity index (χ0) is 13.8. The van der Waals surface area contributed by atoms with Gasteiger partial charge in [0.2, 0.25) is 0 Å². The Labute approximate surface area is 124 Å². The molecule has 0 radical (unpaired) electrons. The second kappa shape index (κ2) is 6.84. The highest BCUT2D eigenvalue weighted by atomic mass is 32.2. The molecule has 1 aromatic heterocycles. The van der Waals surface area contributed by atoms with Crippen molar-refractivity contribution in [2.75, 3.05) is 23.6 Å². The van der Waals surface area contributed by atoms with Gasteiger partial charge in [-0.2, -0.15) is 11.8 Å². The molecule has 0 bridgehead atoms. The predicted octanol–water partition coefficient (Wildman–Crippen LogP) is 3.76. The molecule has 2 rings (SSSR count). The highest BCUT2D eigenvalue weighted by Crippen LogP contribution is 2.31. The molecule has 0 amide bonds. The molecule has 1 aromatic rings. The largest absolute Gasteiger partial charge is 0.367 e. The van der Waals surface area contributed by atoms with Crippen LogP contribution in [0.1, 0.15) is 30.5 Å². The molecule has 0 saturated heterocycles. The summed E-state index contributed by atoms with van der Waals surface area (Å²) in [7, 11) is 0. The van der Waals surface area contributed by atoms with Gasteiger partial charge < -0.3 is 5.32 Å². The van der Waals surface area contributed by atoms with Gasteiger partial charge in [0.1, 0.15) is 5.82 Å². The van der Waals surface area contributed by atoms with Gasteiger partial charge in [-0.1, -0.05) is 11.8 Å². The number of hydrogen-bond donors (Lipinski definition) is 1. The Morgan fingerprint density at radius 1 is 1.21 bits per heavy atom. The molecule has 1 fully saturated rings. The van der Waals surface area contributed by atoms with Crippen molar-refractivity contribution >= 4 is 29.3 Å². The summed E-state index contributed by atoms with van der Waals surface area (Å²) in [5, 5.41) is 4.50. The zero-order valence-electron chi connectivity index (χ0n) is 12.2. The molecule has 5 heteroatoms. The van der Waals surface area contributed by atoms with Gasteiger partial charge in [-0.25, -0.2) is 9.97 Å². The van der Waals surface area contributed by atoms with E-state index >= 15 is 0 Å².